The second kappa shape index (κ2) is 8.51. The molecule has 9 nitrogen and oxygen atoms in total. The van der Waals surface area contributed by atoms with E-state index in [1.54, 1.807) is 17.4 Å². The number of nitrogens with zero attached hydrogens (tertiary/aromatic N) is 6. The van der Waals surface area contributed by atoms with Gasteiger partial charge in [-0.1, -0.05) is 6.42 Å². The van der Waals surface area contributed by atoms with Gasteiger partial charge in [-0.25, -0.2) is 15.0 Å². The largest absolute Gasteiger partial charge is 0.309 e. The van der Waals surface area contributed by atoms with Crippen molar-refractivity contribution in [2.45, 2.75) is 59.4 Å². The summed E-state index contributed by atoms with van der Waals surface area (Å²) in [4.78, 5) is 41.5. The van der Waals surface area contributed by atoms with E-state index < -0.39 is 0 Å². The third-order valence-corrected chi connectivity index (χ3v) is 6.96. The van der Waals surface area contributed by atoms with Crippen LogP contribution in [0, 0.1) is 20.8 Å². The smallest absolute Gasteiger partial charge is 0.262 e. The van der Waals surface area contributed by atoms with Crippen LogP contribution in [-0.2, 0) is 24.2 Å². The van der Waals surface area contributed by atoms with Crippen molar-refractivity contribution in [3.8, 4) is 5.95 Å². The molecule has 0 saturated heterocycles. The highest BCUT2D eigenvalue weighted by Crippen LogP contribution is 2.32. The lowest BCUT2D eigenvalue weighted by atomic mass is 10.1. The molecule has 0 atom stereocenters. The molecule has 4 aromatic heterocycles. The first kappa shape index (κ1) is 21.4. The maximum Gasteiger partial charge on any atom is 0.262 e. The van der Waals surface area contributed by atoms with Crippen molar-refractivity contribution >= 4 is 33.3 Å². The topological polar surface area (TPSA) is 108 Å². The summed E-state index contributed by atoms with van der Waals surface area (Å²) < 4.78 is 2.90. The minimum atomic E-state index is -0.343. The number of carbonyl (C=O) groups is 1. The van der Waals surface area contributed by atoms with Crippen LogP contribution in [0.25, 0.3) is 16.2 Å². The molecule has 10 heteroatoms. The van der Waals surface area contributed by atoms with Crippen LogP contribution in [0.4, 0.5) is 5.82 Å². The Morgan fingerprint density at radius 2 is 1.82 bits per heavy atom. The molecule has 4 aromatic rings. The van der Waals surface area contributed by atoms with Crippen LogP contribution in [0.5, 0.6) is 0 Å². The van der Waals surface area contributed by atoms with Crippen LogP contribution in [0.15, 0.2) is 23.3 Å². The third-order valence-electron chi connectivity index (χ3n) is 5.76. The summed E-state index contributed by atoms with van der Waals surface area (Å²) in [5, 5.41) is 7.96. The second-order valence-electron chi connectivity index (χ2n) is 8.50. The Morgan fingerprint density at radius 1 is 1.06 bits per heavy atom. The zero-order valence-corrected chi connectivity index (χ0v) is 19.7. The minimum absolute atomic E-state index is 0.135. The van der Waals surface area contributed by atoms with Gasteiger partial charge in [0.15, 0.2) is 0 Å². The van der Waals surface area contributed by atoms with Crippen molar-refractivity contribution in [1.82, 2.24) is 29.3 Å². The predicted molar refractivity (Wildman–Crippen MR) is 127 cm³/mol. The van der Waals surface area contributed by atoms with Crippen molar-refractivity contribution < 1.29 is 4.79 Å². The maximum absolute atomic E-state index is 13.2. The molecule has 1 amide bonds. The maximum atomic E-state index is 13.2. The number of rotatable bonds is 4. The molecule has 0 aromatic carbocycles. The first-order valence-electron chi connectivity index (χ1n) is 11.1. The highest BCUT2D eigenvalue weighted by atomic mass is 32.1. The zero-order valence-electron chi connectivity index (χ0n) is 18.9. The SMILES string of the molecule is Cc1cc(C)nc(-n2nc(C)cc2NC(=O)Cn2cnc3sc4c(c3c2=O)CCCCC4)n1. The van der Waals surface area contributed by atoms with Crippen LogP contribution in [-0.4, -0.2) is 35.2 Å². The lowest BCUT2D eigenvalue weighted by Gasteiger charge is -2.10. The number of anilines is 1. The summed E-state index contributed by atoms with van der Waals surface area (Å²) in [6.45, 7) is 5.46. The Kier molecular flexibility index (Phi) is 5.53. The molecule has 0 aliphatic heterocycles. The molecule has 1 N–H and O–H groups in total. The van der Waals surface area contributed by atoms with Crippen LogP contribution in [0.2, 0.25) is 0 Å². The van der Waals surface area contributed by atoms with Crippen LogP contribution in [0.1, 0.15) is 46.8 Å². The van der Waals surface area contributed by atoms with Crippen molar-refractivity contribution in [2.75, 3.05) is 5.32 Å². The number of carbonyl (C=O) groups excluding carboxylic acids is 1. The first-order chi connectivity index (χ1) is 15.9. The molecule has 170 valence electrons. The van der Waals surface area contributed by atoms with Crippen molar-refractivity contribution in [2.24, 2.45) is 0 Å². The Morgan fingerprint density at radius 3 is 2.61 bits per heavy atom. The number of hydrogen-bond donors (Lipinski definition) is 1. The van der Waals surface area contributed by atoms with Gasteiger partial charge >= 0.3 is 0 Å². The van der Waals surface area contributed by atoms with E-state index in [0.29, 0.717) is 22.8 Å². The van der Waals surface area contributed by atoms with Gasteiger partial charge in [-0.15, -0.1) is 11.3 Å². The summed E-state index contributed by atoms with van der Waals surface area (Å²) in [5.74, 6) is 0.496. The summed E-state index contributed by atoms with van der Waals surface area (Å²) >= 11 is 1.61. The normalized spacial score (nSPS) is 13.7. The van der Waals surface area contributed by atoms with Crippen LogP contribution < -0.4 is 10.9 Å². The number of nitrogens with one attached hydrogen (secondary N) is 1. The standard InChI is InChI=1S/C23H25N7O2S/c1-13-9-14(2)26-23(25-13)30-18(10-15(3)28-30)27-19(31)11-29-12-24-21-20(22(29)32)16-7-5-4-6-8-17(16)33-21/h9-10,12H,4-8,11H2,1-3H3,(H,27,31). The fourth-order valence-corrected chi connectivity index (χ4v) is 5.57. The number of aryl methyl sites for hydroxylation is 5. The molecule has 4 heterocycles. The molecule has 0 radical (unpaired) electrons. The second-order valence-corrected chi connectivity index (χ2v) is 9.59. The predicted octanol–water partition coefficient (Wildman–Crippen LogP) is 3.27. The van der Waals surface area contributed by atoms with E-state index >= 15 is 0 Å². The molecule has 1 aliphatic carbocycles. The molecule has 0 saturated carbocycles. The van der Waals surface area contributed by atoms with Gasteiger partial charge in [0.25, 0.3) is 11.5 Å². The molecule has 0 bridgehead atoms. The van der Waals surface area contributed by atoms with Gasteiger partial charge in [0.05, 0.1) is 17.4 Å². The third kappa shape index (κ3) is 4.18. The monoisotopic (exact) mass is 463 g/mol. The Balaban J connectivity index is 1.43. The number of aromatic nitrogens is 6. The van der Waals surface area contributed by atoms with E-state index in [1.807, 2.05) is 26.8 Å². The van der Waals surface area contributed by atoms with Crippen molar-refractivity contribution in [1.29, 1.82) is 0 Å². The van der Waals surface area contributed by atoms with Gasteiger partial charge in [-0.05, 0) is 58.1 Å². The minimum Gasteiger partial charge on any atom is -0.309 e. The Labute approximate surface area is 194 Å². The average molecular weight is 464 g/mol. The summed E-state index contributed by atoms with van der Waals surface area (Å²) in [6, 6.07) is 3.63. The van der Waals surface area contributed by atoms with E-state index in [1.165, 1.54) is 26.9 Å². The zero-order chi connectivity index (χ0) is 23.1. The van der Waals surface area contributed by atoms with Gasteiger partial charge in [-0.3, -0.25) is 14.2 Å². The molecule has 0 spiro atoms. The van der Waals surface area contributed by atoms with Crippen molar-refractivity contribution in [3.63, 3.8) is 0 Å². The van der Waals surface area contributed by atoms with E-state index in [0.717, 1.165) is 47.5 Å². The molecular formula is C23H25N7O2S. The number of hydrogen-bond acceptors (Lipinski definition) is 7. The van der Waals surface area contributed by atoms with Gasteiger partial charge < -0.3 is 5.32 Å². The number of fused-ring (bicyclic) bond motifs is 3. The van der Waals surface area contributed by atoms with Gasteiger partial charge in [0.1, 0.15) is 17.2 Å². The van der Waals surface area contributed by atoms with E-state index in [9.17, 15) is 9.59 Å². The first-order valence-corrected chi connectivity index (χ1v) is 11.9. The lowest BCUT2D eigenvalue weighted by Crippen LogP contribution is -2.28. The van der Waals surface area contributed by atoms with Gasteiger partial charge in [-0.2, -0.15) is 9.78 Å². The van der Waals surface area contributed by atoms with E-state index in [2.05, 4.69) is 25.4 Å². The molecule has 1 aliphatic rings. The van der Waals surface area contributed by atoms with Crippen molar-refractivity contribution in [3.05, 3.63) is 56.3 Å². The summed E-state index contributed by atoms with van der Waals surface area (Å²) in [5.41, 5.74) is 3.30. The molecular weight excluding hydrogens is 438 g/mol. The van der Waals surface area contributed by atoms with Crippen LogP contribution >= 0.6 is 11.3 Å². The Hall–Kier alpha value is -3.40. The van der Waals surface area contributed by atoms with Crippen LogP contribution in [0.3, 0.4) is 0 Å². The average Bonchev–Trinajstić information content (AvgIpc) is 3.20. The van der Waals surface area contributed by atoms with Gasteiger partial charge in [0, 0.05) is 22.3 Å². The highest BCUT2D eigenvalue weighted by molar-refractivity contribution is 7.18. The van der Waals surface area contributed by atoms with E-state index in [4.69, 9.17) is 0 Å². The highest BCUT2D eigenvalue weighted by Gasteiger charge is 2.20. The Bertz CT molecular complexity index is 1410. The molecule has 0 unspecified atom stereocenters. The number of thiophene rings is 1. The van der Waals surface area contributed by atoms with Gasteiger partial charge in [0.2, 0.25) is 5.91 Å². The fraction of sp³-hybridized carbons (Fsp3) is 0.391. The molecule has 5 rings (SSSR count). The molecule has 33 heavy (non-hydrogen) atoms. The fourth-order valence-electron chi connectivity index (χ4n) is 4.35. The number of amides is 1. The van der Waals surface area contributed by atoms with E-state index in [-0.39, 0.29) is 18.0 Å². The summed E-state index contributed by atoms with van der Waals surface area (Å²) in [7, 11) is 0. The lowest BCUT2D eigenvalue weighted by molar-refractivity contribution is -0.116. The quantitative estimate of drug-likeness (QED) is 0.466. The molecule has 0 fully saturated rings. The summed E-state index contributed by atoms with van der Waals surface area (Å²) in [6.07, 6.45) is 6.77.